The molecule has 1 amide bonds. The number of alkyl halides is 3. The lowest BCUT2D eigenvalue weighted by atomic mass is 9.95. The second-order valence-corrected chi connectivity index (χ2v) is 11.1. The first kappa shape index (κ1) is 32.5. The summed E-state index contributed by atoms with van der Waals surface area (Å²) in [6, 6.07) is 5.94. The third-order valence-electron chi connectivity index (χ3n) is 8.09. The van der Waals surface area contributed by atoms with Crippen LogP contribution in [-0.2, 0) is 32.6 Å². The van der Waals surface area contributed by atoms with Crippen LogP contribution in [0.25, 0.3) is 0 Å². The van der Waals surface area contributed by atoms with E-state index in [1.165, 1.54) is 31.0 Å². The van der Waals surface area contributed by atoms with Gasteiger partial charge in [0.1, 0.15) is 18.5 Å². The fraction of sp³-hybridized carbons (Fsp3) is 0.600. The Morgan fingerprint density at radius 2 is 2.02 bits per heavy atom. The second kappa shape index (κ2) is 15.3. The minimum atomic E-state index is -3.11. The predicted molar refractivity (Wildman–Crippen MR) is 153 cm³/mol. The van der Waals surface area contributed by atoms with E-state index in [-0.39, 0.29) is 31.0 Å². The highest BCUT2D eigenvalue weighted by Crippen LogP contribution is 2.51. The van der Waals surface area contributed by atoms with Gasteiger partial charge in [0.05, 0.1) is 11.5 Å². The van der Waals surface area contributed by atoms with Crippen LogP contribution >= 0.6 is 0 Å². The molecule has 43 heavy (non-hydrogen) atoms. The van der Waals surface area contributed by atoms with E-state index in [2.05, 4.69) is 32.5 Å². The summed E-state index contributed by atoms with van der Waals surface area (Å²) in [5.74, 6) is -1.20. The van der Waals surface area contributed by atoms with Gasteiger partial charge in [0.15, 0.2) is 0 Å². The van der Waals surface area contributed by atoms with Crippen molar-refractivity contribution < 1.29 is 37.3 Å². The number of anilines is 1. The van der Waals surface area contributed by atoms with E-state index in [1.807, 2.05) is 4.90 Å². The molecular formula is C30H40F3N5O5. The van der Waals surface area contributed by atoms with Crippen LogP contribution in [-0.4, -0.2) is 90.6 Å². The second-order valence-electron chi connectivity index (χ2n) is 11.1. The van der Waals surface area contributed by atoms with Crippen molar-refractivity contribution in [3.63, 3.8) is 0 Å². The number of carbonyl (C=O) groups is 2. The summed E-state index contributed by atoms with van der Waals surface area (Å²) in [5, 5.41) is 15.8. The van der Waals surface area contributed by atoms with E-state index in [0.717, 1.165) is 50.2 Å². The highest BCUT2D eigenvalue weighted by Gasteiger charge is 2.54. The molecule has 1 aliphatic heterocycles. The highest BCUT2D eigenvalue weighted by atomic mass is 19.3. The molecule has 0 unspecified atom stereocenters. The molecule has 0 bridgehead atoms. The van der Waals surface area contributed by atoms with Crippen LogP contribution in [0.5, 0.6) is 5.88 Å². The number of pyridine rings is 2. The summed E-state index contributed by atoms with van der Waals surface area (Å²) in [7, 11) is 1.43. The van der Waals surface area contributed by atoms with Gasteiger partial charge < -0.3 is 30.1 Å². The smallest absolute Gasteiger partial charge is 0.388 e. The summed E-state index contributed by atoms with van der Waals surface area (Å²) >= 11 is 0. The maximum absolute atomic E-state index is 13.5. The molecule has 10 nitrogen and oxygen atoms in total. The van der Waals surface area contributed by atoms with Crippen LogP contribution in [0.2, 0.25) is 0 Å². The van der Waals surface area contributed by atoms with Crippen molar-refractivity contribution in [2.24, 2.45) is 0 Å². The lowest BCUT2D eigenvalue weighted by molar-refractivity contribution is -0.142. The number of aromatic nitrogens is 2. The van der Waals surface area contributed by atoms with Gasteiger partial charge in [-0.05, 0) is 75.6 Å². The summed E-state index contributed by atoms with van der Waals surface area (Å²) < 4.78 is 49.1. The number of carbonyl (C=O) groups excluding carboxylic acids is 1. The third kappa shape index (κ3) is 8.79. The Hall–Kier alpha value is -3.45. The molecule has 2 aliphatic rings. The number of nitrogens with zero attached hydrogens (tertiary/aromatic N) is 3. The number of aliphatic carboxylic acids is 1. The Morgan fingerprint density at radius 1 is 1.21 bits per heavy atom. The number of fused-ring (bicyclic) bond motifs is 1. The Morgan fingerprint density at radius 3 is 2.72 bits per heavy atom. The molecule has 2 aromatic rings. The van der Waals surface area contributed by atoms with E-state index < -0.39 is 42.7 Å². The number of unbranched alkanes of at least 4 members (excludes halogenated alkanes) is 1. The molecule has 0 saturated heterocycles. The zero-order valence-corrected chi connectivity index (χ0v) is 24.4. The number of amides is 1. The number of nitrogens with one attached hydrogen (secondary N) is 2. The van der Waals surface area contributed by atoms with Gasteiger partial charge in [-0.1, -0.05) is 12.1 Å². The Labute approximate surface area is 249 Å². The number of halogens is 3. The predicted octanol–water partition coefficient (Wildman–Crippen LogP) is 3.74. The van der Waals surface area contributed by atoms with Crippen LogP contribution in [0.1, 0.15) is 55.3 Å². The van der Waals surface area contributed by atoms with Crippen LogP contribution < -0.4 is 15.4 Å². The van der Waals surface area contributed by atoms with Gasteiger partial charge in [0.2, 0.25) is 11.8 Å². The topological polar surface area (TPSA) is 126 Å². The minimum absolute atomic E-state index is 0.0609. The number of rotatable bonds is 18. The quantitative estimate of drug-likeness (QED) is 0.217. The van der Waals surface area contributed by atoms with Crippen molar-refractivity contribution in [2.75, 3.05) is 45.3 Å². The number of hydrogen-bond acceptors (Lipinski definition) is 8. The van der Waals surface area contributed by atoms with Crippen molar-refractivity contribution in [2.45, 2.75) is 75.5 Å². The van der Waals surface area contributed by atoms with Gasteiger partial charge in [0.25, 0.3) is 0 Å². The van der Waals surface area contributed by atoms with Crippen molar-refractivity contribution in [1.29, 1.82) is 0 Å². The van der Waals surface area contributed by atoms with E-state index in [0.29, 0.717) is 19.4 Å². The Balaban J connectivity index is 1.34. The van der Waals surface area contributed by atoms with Gasteiger partial charge in [-0.15, -0.1) is 0 Å². The monoisotopic (exact) mass is 607 g/mol. The zero-order valence-electron chi connectivity index (χ0n) is 24.4. The molecule has 1 aliphatic carbocycles. The molecular weight excluding hydrogens is 567 g/mol. The summed E-state index contributed by atoms with van der Waals surface area (Å²) in [5.41, 5.74) is 1.25. The Bertz CT molecular complexity index is 1230. The molecule has 3 heterocycles. The maximum Gasteiger partial charge on any atom is 0.388 e. The van der Waals surface area contributed by atoms with Gasteiger partial charge in [-0.25, -0.2) is 19.2 Å². The van der Waals surface area contributed by atoms with Gasteiger partial charge >= 0.3 is 12.6 Å². The van der Waals surface area contributed by atoms with Crippen LogP contribution in [0, 0.1) is 0 Å². The molecule has 0 radical (unpaired) electrons. The van der Waals surface area contributed by atoms with Crippen molar-refractivity contribution in [3.8, 4) is 5.88 Å². The van der Waals surface area contributed by atoms with Crippen LogP contribution in [0.3, 0.4) is 0 Å². The van der Waals surface area contributed by atoms with Crippen molar-refractivity contribution in [1.82, 2.24) is 20.2 Å². The average molecular weight is 608 g/mol. The van der Waals surface area contributed by atoms with Crippen LogP contribution in [0.15, 0.2) is 30.5 Å². The normalized spacial score (nSPS) is 16.7. The van der Waals surface area contributed by atoms with Gasteiger partial charge in [-0.2, -0.15) is 8.78 Å². The van der Waals surface area contributed by atoms with E-state index in [4.69, 9.17) is 9.72 Å². The molecule has 0 aromatic carbocycles. The number of methoxy groups -OCH3 is 1. The molecule has 3 N–H and O–H groups in total. The van der Waals surface area contributed by atoms with E-state index in [9.17, 15) is 27.9 Å². The maximum atomic E-state index is 13.5. The summed E-state index contributed by atoms with van der Waals surface area (Å²) in [6.07, 6.45) is 5.90. The largest absolute Gasteiger partial charge is 0.480 e. The minimum Gasteiger partial charge on any atom is -0.480 e. The molecule has 1 saturated carbocycles. The Kier molecular flexibility index (Phi) is 11.6. The standard InChI is InChI=1S/C30H40F3N5O5/c1-42-22(18-31)19-38(16-3-2-7-21-10-9-20-6-4-14-34-25(20)36-21)17-11-24(27(39)40)37-28(41)30(12-13-30)23-8-5-15-35-26(23)43-29(32)33/h5,8-10,15,22,24,29H,2-4,6-7,11-14,16-19H2,1H3,(H,34,36)(H,37,41)(H,39,40)/t22-,24+/m1/s1. The van der Waals surface area contributed by atoms with Gasteiger partial charge in [0, 0.05) is 44.2 Å². The number of carboxylic acid groups (broad SMARTS) is 1. The molecule has 2 atom stereocenters. The molecule has 0 spiro atoms. The number of aryl methyl sites for hydroxylation is 2. The fourth-order valence-corrected chi connectivity index (χ4v) is 5.46. The number of hydrogen-bond donors (Lipinski definition) is 3. The molecule has 2 aromatic heterocycles. The van der Waals surface area contributed by atoms with Crippen molar-refractivity contribution >= 4 is 17.7 Å². The lowest BCUT2D eigenvalue weighted by Gasteiger charge is -2.27. The molecule has 13 heteroatoms. The van der Waals surface area contributed by atoms with E-state index >= 15 is 0 Å². The van der Waals surface area contributed by atoms with Crippen LogP contribution in [0.4, 0.5) is 19.0 Å². The number of carboxylic acids is 1. The summed E-state index contributed by atoms with van der Waals surface area (Å²) in [4.78, 5) is 35.9. The van der Waals surface area contributed by atoms with Gasteiger partial charge in [-0.3, -0.25) is 4.79 Å². The average Bonchev–Trinajstić information content (AvgIpc) is 3.81. The third-order valence-corrected chi connectivity index (χ3v) is 8.09. The molecule has 1 fully saturated rings. The zero-order chi connectivity index (χ0) is 30.8. The first-order valence-electron chi connectivity index (χ1n) is 14.7. The molecule has 236 valence electrons. The first-order chi connectivity index (χ1) is 20.8. The lowest BCUT2D eigenvalue weighted by Crippen LogP contribution is -2.47. The summed E-state index contributed by atoms with van der Waals surface area (Å²) in [6.45, 7) is -1.76. The van der Waals surface area contributed by atoms with Crippen molar-refractivity contribution in [3.05, 3.63) is 47.3 Å². The van der Waals surface area contributed by atoms with E-state index in [1.54, 1.807) is 0 Å². The highest BCUT2D eigenvalue weighted by molar-refractivity contribution is 5.94. The SMILES string of the molecule is CO[C@H](CF)CN(CCCCc1ccc2c(n1)NCCC2)CC[C@H](NC(=O)C1(c2cccnc2OC(F)F)CC1)C(=O)O. The first-order valence-corrected chi connectivity index (χ1v) is 14.7. The fourth-order valence-electron chi connectivity index (χ4n) is 5.46. The molecule has 4 rings (SSSR count). The number of ether oxygens (including phenoxy) is 2.